The Kier molecular flexibility index (Phi) is 2.90. The largest absolute Gasteiger partial charge is 0.249 e. The van der Waals surface area contributed by atoms with Crippen LogP contribution in [0, 0.1) is 6.92 Å². The first-order valence-electron chi connectivity index (χ1n) is 2.98. The van der Waals surface area contributed by atoms with Crippen LogP contribution in [0.15, 0.2) is 9.91 Å². The molecule has 0 fully saturated rings. The van der Waals surface area contributed by atoms with Crippen molar-refractivity contribution >= 4 is 28.5 Å². The van der Waals surface area contributed by atoms with Gasteiger partial charge in [-0.1, -0.05) is 0 Å². The molecule has 3 nitrogen and oxygen atoms in total. The lowest BCUT2D eigenvalue weighted by atomic mass is 10.4. The molecule has 0 aliphatic rings. The maximum absolute atomic E-state index is 10.5. The van der Waals surface area contributed by atoms with Crippen molar-refractivity contribution in [3.8, 4) is 0 Å². The first-order valence-corrected chi connectivity index (χ1v) is 5.37. The molecule has 0 spiro atoms. The summed E-state index contributed by atoms with van der Waals surface area (Å²) in [5.41, 5.74) is 2.68. The zero-order valence-electron chi connectivity index (χ0n) is 6.27. The van der Waals surface area contributed by atoms with E-state index in [9.17, 15) is 4.21 Å². The van der Waals surface area contributed by atoms with Gasteiger partial charge in [0.2, 0.25) is 0 Å². The Morgan fingerprint density at radius 2 is 2.55 bits per heavy atom. The predicted molar refractivity (Wildman–Crippen MR) is 48.5 cm³/mol. The fourth-order valence-corrected chi connectivity index (χ4v) is 1.54. The van der Waals surface area contributed by atoms with Gasteiger partial charge in [-0.15, -0.1) is 11.3 Å². The molecule has 60 valence electrons. The zero-order chi connectivity index (χ0) is 8.27. The second-order valence-electron chi connectivity index (χ2n) is 1.96. The van der Waals surface area contributed by atoms with Crippen LogP contribution in [0.4, 0.5) is 0 Å². The van der Waals surface area contributed by atoms with Crippen LogP contribution in [0.5, 0.6) is 0 Å². The molecule has 0 aromatic carbocycles. The van der Waals surface area contributed by atoms with Gasteiger partial charge in [0.05, 0.1) is 22.3 Å². The van der Waals surface area contributed by atoms with Gasteiger partial charge in [0, 0.05) is 6.26 Å². The highest BCUT2D eigenvalue weighted by molar-refractivity contribution is 7.83. The van der Waals surface area contributed by atoms with Gasteiger partial charge in [-0.05, 0) is 6.92 Å². The Bertz CT molecular complexity index is 293. The van der Waals surface area contributed by atoms with Crippen molar-refractivity contribution in [1.29, 1.82) is 0 Å². The van der Waals surface area contributed by atoms with Crippen LogP contribution >= 0.6 is 11.3 Å². The summed E-state index contributed by atoms with van der Waals surface area (Å²) in [5, 5.41) is 0. The van der Waals surface area contributed by atoms with Gasteiger partial charge in [0.25, 0.3) is 0 Å². The van der Waals surface area contributed by atoms with Crippen molar-refractivity contribution in [2.75, 3.05) is 6.26 Å². The van der Waals surface area contributed by atoms with Crippen molar-refractivity contribution in [2.45, 2.75) is 6.92 Å². The van der Waals surface area contributed by atoms with E-state index in [0.717, 1.165) is 10.6 Å². The molecule has 1 atom stereocenters. The summed E-state index contributed by atoms with van der Waals surface area (Å²) < 4.78 is 14.3. The molecule has 0 saturated heterocycles. The van der Waals surface area contributed by atoms with Crippen LogP contribution in [0.3, 0.4) is 0 Å². The van der Waals surface area contributed by atoms with Gasteiger partial charge in [-0.25, -0.2) is 9.19 Å². The average molecular weight is 188 g/mol. The monoisotopic (exact) mass is 188 g/mol. The minimum Gasteiger partial charge on any atom is -0.249 e. The van der Waals surface area contributed by atoms with Crippen LogP contribution < -0.4 is 0 Å². The molecule has 0 saturated carbocycles. The van der Waals surface area contributed by atoms with E-state index in [4.69, 9.17) is 0 Å². The second-order valence-corrected chi connectivity index (χ2v) is 3.91. The number of rotatable bonds is 2. The Hall–Kier alpha value is -0.550. The Balaban J connectivity index is 2.79. The number of thiazole rings is 1. The van der Waals surface area contributed by atoms with Gasteiger partial charge in [0.15, 0.2) is 0 Å². The molecule has 1 rings (SSSR count). The van der Waals surface area contributed by atoms with E-state index in [-0.39, 0.29) is 0 Å². The molecular formula is C6H8N2OS2. The topological polar surface area (TPSA) is 42.3 Å². The molecule has 11 heavy (non-hydrogen) atoms. The van der Waals surface area contributed by atoms with Crippen molar-refractivity contribution < 1.29 is 4.21 Å². The summed E-state index contributed by atoms with van der Waals surface area (Å²) in [7, 11) is -1.11. The number of hydrogen-bond donors (Lipinski definition) is 0. The van der Waals surface area contributed by atoms with Crippen LogP contribution in [0.25, 0.3) is 0 Å². The molecule has 5 heteroatoms. The summed E-state index contributed by atoms with van der Waals surface area (Å²) in [5.74, 6) is 0. The van der Waals surface area contributed by atoms with Crippen LogP contribution in [0.2, 0.25) is 0 Å². The van der Waals surface area contributed by atoms with E-state index in [1.807, 2.05) is 6.92 Å². The molecule has 1 heterocycles. The number of hydrogen-bond acceptors (Lipinski definition) is 3. The normalized spacial score (nSPS) is 14.0. The maximum atomic E-state index is 10.5. The smallest absolute Gasteiger partial charge is 0.136 e. The average Bonchev–Trinajstić information content (AvgIpc) is 2.31. The standard InChI is InChI=1S/C6H8N2OS2/c1-5-6(10-4-7-5)3-8-11(2)9/h3-4H,1-2H3/b8-3+. The highest BCUT2D eigenvalue weighted by atomic mass is 32.2. The van der Waals surface area contributed by atoms with Gasteiger partial charge in [-0.2, -0.15) is 4.40 Å². The van der Waals surface area contributed by atoms with Crippen LogP contribution in [-0.2, 0) is 11.0 Å². The lowest BCUT2D eigenvalue weighted by Gasteiger charge is -1.84. The molecule has 1 unspecified atom stereocenters. The predicted octanol–water partition coefficient (Wildman–Crippen LogP) is 1.16. The zero-order valence-corrected chi connectivity index (χ0v) is 7.91. The Labute approximate surface area is 71.8 Å². The lowest BCUT2D eigenvalue weighted by molar-refractivity contribution is 0.688. The van der Waals surface area contributed by atoms with Crippen LogP contribution in [0.1, 0.15) is 10.6 Å². The molecule has 0 N–H and O–H groups in total. The molecule has 0 radical (unpaired) electrons. The van der Waals surface area contributed by atoms with Gasteiger partial charge in [0.1, 0.15) is 11.0 Å². The second kappa shape index (κ2) is 3.73. The molecule has 0 bridgehead atoms. The number of nitrogens with zero attached hydrogens (tertiary/aromatic N) is 2. The molecule has 0 aliphatic heterocycles. The third-order valence-corrected chi connectivity index (χ3v) is 2.37. The van der Waals surface area contributed by atoms with Gasteiger partial charge in [-0.3, -0.25) is 0 Å². The minimum absolute atomic E-state index is 0.934. The Morgan fingerprint density at radius 1 is 1.82 bits per heavy atom. The molecule has 0 aliphatic carbocycles. The molecule has 1 aromatic rings. The maximum Gasteiger partial charge on any atom is 0.136 e. The molecule has 1 aromatic heterocycles. The SMILES string of the molecule is Cc1ncsc1/C=N/S(C)=O. The van der Waals surface area contributed by atoms with E-state index in [1.165, 1.54) is 17.6 Å². The highest BCUT2D eigenvalue weighted by Crippen LogP contribution is 2.08. The van der Waals surface area contributed by atoms with Gasteiger partial charge >= 0.3 is 0 Å². The fraction of sp³-hybridized carbons (Fsp3) is 0.333. The Morgan fingerprint density at radius 3 is 3.00 bits per heavy atom. The summed E-state index contributed by atoms with van der Waals surface area (Å²) in [6.45, 7) is 1.90. The van der Waals surface area contributed by atoms with E-state index >= 15 is 0 Å². The number of aryl methyl sites for hydroxylation is 1. The van der Waals surface area contributed by atoms with Crippen molar-refractivity contribution in [3.63, 3.8) is 0 Å². The minimum atomic E-state index is -1.11. The van der Waals surface area contributed by atoms with Crippen molar-refractivity contribution in [2.24, 2.45) is 4.40 Å². The lowest BCUT2D eigenvalue weighted by Crippen LogP contribution is -1.83. The van der Waals surface area contributed by atoms with E-state index in [2.05, 4.69) is 9.38 Å². The number of aromatic nitrogens is 1. The van der Waals surface area contributed by atoms with Gasteiger partial charge < -0.3 is 0 Å². The molecular weight excluding hydrogens is 180 g/mol. The summed E-state index contributed by atoms with van der Waals surface area (Å²) in [4.78, 5) is 5.00. The first kappa shape index (κ1) is 8.55. The summed E-state index contributed by atoms with van der Waals surface area (Å²) in [6, 6.07) is 0. The summed E-state index contributed by atoms with van der Waals surface area (Å²) in [6.07, 6.45) is 3.13. The summed E-state index contributed by atoms with van der Waals surface area (Å²) >= 11 is 1.50. The highest BCUT2D eigenvalue weighted by Gasteiger charge is 1.95. The first-order chi connectivity index (χ1) is 5.20. The van der Waals surface area contributed by atoms with E-state index in [1.54, 1.807) is 11.7 Å². The van der Waals surface area contributed by atoms with Crippen molar-refractivity contribution in [1.82, 2.24) is 4.98 Å². The van der Waals surface area contributed by atoms with E-state index < -0.39 is 11.0 Å². The molecule has 0 amide bonds. The van der Waals surface area contributed by atoms with Crippen LogP contribution in [-0.4, -0.2) is 21.7 Å². The third-order valence-electron chi connectivity index (χ3n) is 1.10. The fourth-order valence-electron chi connectivity index (χ4n) is 0.557. The third kappa shape index (κ3) is 2.51. The van der Waals surface area contributed by atoms with Crippen molar-refractivity contribution in [3.05, 3.63) is 16.1 Å². The van der Waals surface area contributed by atoms with E-state index in [0.29, 0.717) is 0 Å². The quantitative estimate of drug-likeness (QED) is 0.654.